The predicted octanol–water partition coefficient (Wildman–Crippen LogP) is 3.20. The Kier molecular flexibility index (Phi) is 13.4. The van der Waals surface area contributed by atoms with Crippen LogP contribution in [0.4, 0.5) is 5.69 Å². The van der Waals surface area contributed by atoms with Crippen LogP contribution in [0.3, 0.4) is 0 Å². The Morgan fingerprint density at radius 3 is 2.19 bits per heavy atom. The van der Waals surface area contributed by atoms with Crippen LogP contribution < -0.4 is 50.3 Å². The van der Waals surface area contributed by atoms with E-state index in [1.807, 2.05) is 37.1 Å². The molecule has 47 heavy (non-hydrogen) atoms. The third-order valence-corrected chi connectivity index (χ3v) is 7.48. The van der Waals surface area contributed by atoms with E-state index in [-0.39, 0.29) is 30.2 Å². The van der Waals surface area contributed by atoms with Crippen LogP contribution in [0, 0.1) is 5.92 Å². The first-order chi connectivity index (χ1) is 22.7. The molecule has 3 aromatic rings. The molecule has 2 unspecified atom stereocenters. The number of ether oxygens (including phenoxy) is 7. The van der Waals surface area contributed by atoms with Crippen molar-refractivity contribution in [3.8, 4) is 40.2 Å². The van der Waals surface area contributed by atoms with Crippen molar-refractivity contribution >= 4 is 18.4 Å². The summed E-state index contributed by atoms with van der Waals surface area (Å²) in [6.45, 7) is 2.66. The van der Waals surface area contributed by atoms with Gasteiger partial charge in [-0.15, -0.1) is 0 Å². The zero-order valence-corrected chi connectivity index (χ0v) is 27.1. The Balaban J connectivity index is 0.000000360. The maximum absolute atomic E-state index is 13.0. The number of phenols is 1. The fourth-order valence-electron chi connectivity index (χ4n) is 5.22. The maximum atomic E-state index is 13.0. The van der Waals surface area contributed by atoms with Gasteiger partial charge in [-0.25, -0.2) is 5.84 Å². The van der Waals surface area contributed by atoms with Crippen LogP contribution in [-0.4, -0.2) is 66.8 Å². The van der Waals surface area contributed by atoms with E-state index in [0.717, 1.165) is 29.0 Å². The molecule has 1 aliphatic carbocycles. The number of hydrazine groups is 1. The molecule has 1 heterocycles. The molecule has 0 fully saturated rings. The van der Waals surface area contributed by atoms with E-state index < -0.39 is 5.91 Å². The van der Waals surface area contributed by atoms with Crippen LogP contribution in [-0.2, 0) is 20.7 Å². The standard InChI is InChI=1S/C23H28N4O6.C9H12O3.CH2O/c1-30-11-14-4-3-13-7-20-21(33-12-32-20)9-16(13)22(14)26-23(29)17(24)10-27(25)15-5-6-19(31-2)18(28)8-15;1-10-7-5-4-6-8(11-2)9(7)12-3;1-2/h5-10,14,22,28H,3-4,11-12,24-25H2,1-2H3,(H,26,29);4-6H,1-3H3;1H2/b17-10-;;. The molecule has 0 saturated carbocycles. The van der Waals surface area contributed by atoms with E-state index in [9.17, 15) is 9.90 Å². The minimum absolute atomic E-state index is 0.0622. The summed E-state index contributed by atoms with van der Waals surface area (Å²) in [4.78, 5) is 21.0. The number of amides is 1. The molecule has 0 bridgehead atoms. The molecule has 0 aromatic heterocycles. The highest BCUT2D eigenvalue weighted by Gasteiger charge is 2.33. The Hall–Kier alpha value is -5.34. The van der Waals surface area contributed by atoms with Gasteiger partial charge in [-0.3, -0.25) is 9.80 Å². The Labute approximate surface area is 273 Å². The molecular weight excluding hydrogens is 612 g/mol. The lowest BCUT2D eigenvalue weighted by atomic mass is 9.79. The third kappa shape index (κ3) is 8.68. The Bertz CT molecular complexity index is 1510. The molecular formula is C33H42N4O10. The molecule has 6 N–H and O–H groups in total. The fourth-order valence-corrected chi connectivity index (χ4v) is 5.22. The summed E-state index contributed by atoms with van der Waals surface area (Å²) in [7, 11) is 7.86. The van der Waals surface area contributed by atoms with Crippen LogP contribution in [0.2, 0.25) is 0 Å². The summed E-state index contributed by atoms with van der Waals surface area (Å²) >= 11 is 0. The van der Waals surface area contributed by atoms with E-state index in [0.29, 0.717) is 46.8 Å². The lowest BCUT2D eigenvalue weighted by Crippen LogP contribution is -2.40. The van der Waals surface area contributed by atoms with Gasteiger partial charge in [0.2, 0.25) is 12.5 Å². The fraction of sp³-hybridized carbons (Fsp3) is 0.333. The highest BCUT2D eigenvalue weighted by molar-refractivity contribution is 5.93. The average Bonchev–Trinajstić information content (AvgIpc) is 3.56. The number of carbonyl (C=O) groups is 2. The number of methoxy groups -OCH3 is 5. The number of anilines is 1. The van der Waals surface area contributed by atoms with Crippen molar-refractivity contribution in [2.75, 3.05) is 54.0 Å². The van der Waals surface area contributed by atoms with Gasteiger partial charge in [0.25, 0.3) is 5.91 Å². The van der Waals surface area contributed by atoms with Crippen molar-refractivity contribution < 1.29 is 47.9 Å². The summed E-state index contributed by atoms with van der Waals surface area (Å²) in [6.07, 6.45) is 2.98. The number of aromatic hydroxyl groups is 1. The number of carbonyl (C=O) groups excluding carboxylic acids is 2. The summed E-state index contributed by atoms with van der Waals surface area (Å²) in [5.41, 5.74) is 8.45. The molecule has 2 aliphatic rings. The average molecular weight is 655 g/mol. The lowest BCUT2D eigenvalue weighted by molar-refractivity contribution is -0.119. The zero-order chi connectivity index (χ0) is 34.5. The minimum atomic E-state index is -0.472. The van der Waals surface area contributed by atoms with Gasteiger partial charge in [-0.2, -0.15) is 0 Å². The second-order valence-electron chi connectivity index (χ2n) is 10.2. The smallest absolute Gasteiger partial charge is 0.269 e. The van der Waals surface area contributed by atoms with Crippen molar-refractivity contribution in [1.82, 2.24) is 5.32 Å². The van der Waals surface area contributed by atoms with Gasteiger partial charge in [-0.05, 0) is 60.4 Å². The van der Waals surface area contributed by atoms with Gasteiger partial charge in [0.15, 0.2) is 34.5 Å². The molecule has 1 amide bonds. The first-order valence-electron chi connectivity index (χ1n) is 14.4. The molecule has 0 spiro atoms. The molecule has 2 atom stereocenters. The number of aryl methyl sites for hydroxylation is 1. The van der Waals surface area contributed by atoms with Crippen LogP contribution in [0.5, 0.6) is 40.2 Å². The highest BCUT2D eigenvalue weighted by atomic mass is 16.7. The number of para-hydroxylation sites is 1. The van der Waals surface area contributed by atoms with Crippen molar-refractivity contribution in [3.63, 3.8) is 0 Å². The number of phenolic OH excluding ortho intramolecular Hbond substituents is 1. The molecule has 1 aliphatic heterocycles. The molecule has 0 radical (unpaired) electrons. The number of rotatable bonds is 10. The predicted molar refractivity (Wildman–Crippen MR) is 174 cm³/mol. The number of nitrogens with one attached hydrogen (secondary N) is 1. The Morgan fingerprint density at radius 2 is 1.62 bits per heavy atom. The summed E-state index contributed by atoms with van der Waals surface area (Å²) in [5, 5.41) is 14.2. The van der Waals surface area contributed by atoms with Gasteiger partial charge in [-0.1, -0.05) is 6.07 Å². The number of hydrogen-bond donors (Lipinski definition) is 4. The van der Waals surface area contributed by atoms with Crippen LogP contribution in [0.1, 0.15) is 23.6 Å². The molecule has 14 heteroatoms. The van der Waals surface area contributed by atoms with Crippen molar-refractivity contribution in [1.29, 1.82) is 0 Å². The summed E-state index contributed by atoms with van der Waals surface area (Å²) in [6, 6.07) is 13.7. The van der Waals surface area contributed by atoms with Crippen LogP contribution in [0.15, 0.2) is 60.4 Å². The quantitative estimate of drug-likeness (QED) is 0.142. The molecule has 5 rings (SSSR count). The number of benzene rings is 3. The topological polar surface area (TPSA) is 186 Å². The molecule has 3 aromatic carbocycles. The van der Waals surface area contributed by atoms with E-state index in [1.54, 1.807) is 40.6 Å². The number of hydrogen-bond acceptors (Lipinski definition) is 13. The Morgan fingerprint density at radius 1 is 0.979 bits per heavy atom. The third-order valence-electron chi connectivity index (χ3n) is 7.48. The SMILES string of the molecule is C=O.COCC1CCc2cc3c(cc2C1NC(=O)/C(N)=C/N(N)c1ccc(OC)c(O)c1)OCO3.COc1cccc(OC)c1OC. The first kappa shape index (κ1) is 36.1. The van der Waals surface area contributed by atoms with Crippen LogP contribution in [0.25, 0.3) is 0 Å². The maximum Gasteiger partial charge on any atom is 0.269 e. The second kappa shape index (κ2) is 17.4. The largest absolute Gasteiger partial charge is 0.504 e. The van der Waals surface area contributed by atoms with E-state index in [1.165, 1.54) is 19.4 Å². The molecule has 254 valence electrons. The van der Waals surface area contributed by atoms with Gasteiger partial charge in [0.05, 0.1) is 46.8 Å². The first-order valence-corrected chi connectivity index (χ1v) is 14.4. The lowest BCUT2D eigenvalue weighted by Gasteiger charge is -2.34. The van der Waals surface area contributed by atoms with Gasteiger partial charge in [0, 0.05) is 25.3 Å². The molecule has 0 saturated heterocycles. The number of fused-ring (bicyclic) bond motifs is 2. The second-order valence-corrected chi connectivity index (χ2v) is 10.2. The minimum Gasteiger partial charge on any atom is -0.504 e. The van der Waals surface area contributed by atoms with Crippen molar-refractivity contribution in [2.45, 2.75) is 18.9 Å². The van der Waals surface area contributed by atoms with Crippen LogP contribution >= 0.6 is 0 Å². The van der Waals surface area contributed by atoms with Gasteiger partial charge in [0.1, 0.15) is 12.5 Å². The van der Waals surface area contributed by atoms with Crippen molar-refractivity contribution in [3.05, 3.63) is 71.6 Å². The summed E-state index contributed by atoms with van der Waals surface area (Å²) in [5.74, 6) is 9.20. The van der Waals surface area contributed by atoms with E-state index in [2.05, 4.69) is 5.32 Å². The number of nitrogens with two attached hydrogens (primary N) is 2. The highest BCUT2D eigenvalue weighted by Crippen LogP contribution is 2.43. The van der Waals surface area contributed by atoms with E-state index in [4.69, 9.17) is 49.5 Å². The van der Waals surface area contributed by atoms with Crippen molar-refractivity contribution in [2.24, 2.45) is 17.5 Å². The number of nitrogens with zero attached hydrogens (tertiary/aromatic N) is 1. The monoisotopic (exact) mass is 654 g/mol. The normalized spacial score (nSPS) is 15.8. The van der Waals surface area contributed by atoms with E-state index >= 15 is 0 Å². The van der Waals surface area contributed by atoms with Gasteiger partial charge >= 0.3 is 0 Å². The zero-order valence-electron chi connectivity index (χ0n) is 27.1. The van der Waals surface area contributed by atoms with Gasteiger partial charge < -0.3 is 54.1 Å². The summed E-state index contributed by atoms with van der Waals surface area (Å²) < 4.78 is 36.7. The molecule has 14 nitrogen and oxygen atoms in total.